The third kappa shape index (κ3) is 6.63. The summed E-state index contributed by atoms with van der Waals surface area (Å²) in [5.41, 5.74) is 0.128. The number of carbonyl (C=O) groups is 1. The molecule has 1 N–H and O–H groups in total. The lowest BCUT2D eigenvalue weighted by Crippen LogP contribution is -2.32. The van der Waals surface area contributed by atoms with Crippen LogP contribution in [0.5, 0.6) is 0 Å². The molecule has 0 radical (unpaired) electrons. The van der Waals surface area contributed by atoms with Crippen LogP contribution >= 0.6 is 0 Å². The summed E-state index contributed by atoms with van der Waals surface area (Å²) in [7, 11) is 0. The van der Waals surface area contributed by atoms with Gasteiger partial charge in [0.1, 0.15) is 0 Å². The standard InChI is InChI=1S/C14H24O2.C2H6/c1-10(2)11(8-9-13(3,4)5)14(6,7)12(15)16;1-2/h8-9,11H,1H2,2-7H3,(H,15,16);1-2H3/b9-8-;. The smallest absolute Gasteiger partial charge is 0.309 e. The van der Waals surface area contributed by atoms with E-state index in [1.165, 1.54) is 0 Å². The second kappa shape index (κ2) is 7.40. The van der Waals surface area contributed by atoms with Gasteiger partial charge in [0.05, 0.1) is 5.41 Å². The molecule has 1 unspecified atom stereocenters. The Morgan fingerprint density at radius 2 is 1.56 bits per heavy atom. The maximum atomic E-state index is 11.2. The maximum absolute atomic E-state index is 11.2. The van der Waals surface area contributed by atoms with E-state index in [9.17, 15) is 9.90 Å². The number of carboxylic acids is 1. The second-order valence-corrected chi connectivity index (χ2v) is 6.08. The van der Waals surface area contributed by atoms with Crippen molar-refractivity contribution in [3.05, 3.63) is 24.3 Å². The molecule has 0 saturated heterocycles. The van der Waals surface area contributed by atoms with Crippen molar-refractivity contribution in [2.24, 2.45) is 16.7 Å². The van der Waals surface area contributed by atoms with Crippen LogP contribution in [0.1, 0.15) is 55.4 Å². The van der Waals surface area contributed by atoms with Gasteiger partial charge in [-0.05, 0) is 26.2 Å². The third-order valence-electron chi connectivity index (χ3n) is 2.65. The van der Waals surface area contributed by atoms with E-state index in [1.807, 2.05) is 26.8 Å². The molecule has 106 valence electrons. The van der Waals surface area contributed by atoms with Crippen LogP contribution in [0.2, 0.25) is 0 Å². The van der Waals surface area contributed by atoms with Gasteiger partial charge in [0.2, 0.25) is 0 Å². The van der Waals surface area contributed by atoms with Crippen LogP contribution in [0, 0.1) is 16.7 Å². The Kier molecular flexibility index (Phi) is 7.93. The van der Waals surface area contributed by atoms with E-state index in [0.29, 0.717) is 0 Å². The van der Waals surface area contributed by atoms with Gasteiger partial charge in [-0.1, -0.05) is 58.9 Å². The number of hydrogen-bond acceptors (Lipinski definition) is 1. The molecule has 2 nitrogen and oxygen atoms in total. The van der Waals surface area contributed by atoms with Gasteiger partial charge in [0, 0.05) is 5.92 Å². The molecule has 0 aliphatic heterocycles. The van der Waals surface area contributed by atoms with Crippen molar-refractivity contribution in [2.75, 3.05) is 0 Å². The molecular weight excluding hydrogens is 224 g/mol. The minimum absolute atomic E-state index is 0.0578. The zero-order valence-electron chi connectivity index (χ0n) is 13.3. The van der Waals surface area contributed by atoms with Crippen molar-refractivity contribution in [3.8, 4) is 0 Å². The van der Waals surface area contributed by atoms with E-state index in [0.717, 1.165) is 5.57 Å². The van der Waals surface area contributed by atoms with E-state index in [2.05, 4.69) is 33.4 Å². The Labute approximate surface area is 113 Å². The van der Waals surface area contributed by atoms with Gasteiger partial charge in [-0.25, -0.2) is 0 Å². The summed E-state index contributed by atoms with van der Waals surface area (Å²) in [5, 5.41) is 9.21. The Morgan fingerprint density at radius 1 is 1.17 bits per heavy atom. The van der Waals surface area contributed by atoms with Crippen LogP contribution in [0.15, 0.2) is 24.3 Å². The molecule has 0 saturated carbocycles. The van der Waals surface area contributed by atoms with Crippen molar-refractivity contribution in [1.82, 2.24) is 0 Å². The largest absolute Gasteiger partial charge is 0.481 e. The van der Waals surface area contributed by atoms with Crippen LogP contribution in [0.4, 0.5) is 0 Å². The first-order valence-electron chi connectivity index (χ1n) is 6.56. The minimum atomic E-state index is -0.812. The molecule has 0 aliphatic carbocycles. The molecule has 0 spiro atoms. The Balaban J connectivity index is 0. The molecule has 0 aromatic rings. The van der Waals surface area contributed by atoms with Crippen molar-refractivity contribution in [1.29, 1.82) is 0 Å². The van der Waals surface area contributed by atoms with E-state index < -0.39 is 11.4 Å². The zero-order chi connectivity index (χ0) is 15.1. The van der Waals surface area contributed by atoms with Crippen LogP contribution in [0.25, 0.3) is 0 Å². The fourth-order valence-corrected chi connectivity index (χ4v) is 1.54. The number of aliphatic carboxylic acids is 1. The average Bonchev–Trinajstić information content (AvgIpc) is 2.17. The summed E-state index contributed by atoms with van der Waals surface area (Å²) in [4.78, 5) is 11.2. The predicted octanol–water partition coefficient (Wildman–Crippen LogP) is 4.92. The number of hydrogen-bond donors (Lipinski definition) is 1. The lowest BCUT2D eigenvalue weighted by molar-refractivity contribution is -0.148. The van der Waals surface area contributed by atoms with Crippen molar-refractivity contribution < 1.29 is 9.90 Å². The Hall–Kier alpha value is -1.05. The topological polar surface area (TPSA) is 37.3 Å². The molecule has 0 amide bonds. The molecule has 2 heteroatoms. The highest BCUT2D eigenvalue weighted by Gasteiger charge is 2.35. The van der Waals surface area contributed by atoms with E-state index in [4.69, 9.17) is 0 Å². The molecule has 0 aliphatic rings. The van der Waals surface area contributed by atoms with Crippen LogP contribution in [-0.2, 0) is 4.79 Å². The lowest BCUT2D eigenvalue weighted by atomic mass is 9.74. The number of carboxylic acid groups (broad SMARTS) is 1. The summed E-state index contributed by atoms with van der Waals surface area (Å²) in [6.07, 6.45) is 4.02. The summed E-state index contributed by atoms with van der Waals surface area (Å²) in [5.74, 6) is -0.928. The summed E-state index contributed by atoms with van der Waals surface area (Å²) >= 11 is 0. The lowest BCUT2D eigenvalue weighted by Gasteiger charge is -2.29. The first-order valence-corrected chi connectivity index (χ1v) is 6.56. The molecular formula is C16H30O2. The summed E-state index contributed by atoms with van der Waals surface area (Å²) < 4.78 is 0. The molecule has 0 aromatic carbocycles. The summed E-state index contributed by atoms with van der Waals surface area (Å²) in [6.45, 7) is 19.5. The van der Waals surface area contributed by atoms with E-state index in [1.54, 1.807) is 13.8 Å². The highest BCUT2D eigenvalue weighted by atomic mass is 16.4. The van der Waals surface area contributed by atoms with Crippen molar-refractivity contribution >= 4 is 5.97 Å². The van der Waals surface area contributed by atoms with Crippen LogP contribution in [0.3, 0.4) is 0 Å². The van der Waals surface area contributed by atoms with Crippen LogP contribution < -0.4 is 0 Å². The average molecular weight is 254 g/mol. The van der Waals surface area contributed by atoms with Crippen LogP contribution in [-0.4, -0.2) is 11.1 Å². The Bertz CT molecular complexity index is 304. The van der Waals surface area contributed by atoms with Gasteiger partial charge >= 0.3 is 5.97 Å². The predicted molar refractivity (Wildman–Crippen MR) is 79.7 cm³/mol. The van der Waals surface area contributed by atoms with Crippen molar-refractivity contribution in [3.63, 3.8) is 0 Å². The molecule has 1 atom stereocenters. The highest BCUT2D eigenvalue weighted by Crippen LogP contribution is 2.34. The van der Waals surface area contributed by atoms with Gasteiger partial charge < -0.3 is 5.11 Å². The molecule has 0 heterocycles. The van der Waals surface area contributed by atoms with Gasteiger partial charge in [0.15, 0.2) is 0 Å². The SMILES string of the molecule is C=C(C)C(/C=C\C(C)(C)C)C(C)(C)C(=O)O.CC. The van der Waals surface area contributed by atoms with Gasteiger partial charge in [-0.2, -0.15) is 0 Å². The number of allylic oxidation sites excluding steroid dienone is 3. The fraction of sp³-hybridized carbons (Fsp3) is 0.688. The molecule has 0 bridgehead atoms. The number of rotatable bonds is 4. The van der Waals surface area contributed by atoms with Gasteiger partial charge in [-0.15, -0.1) is 0 Å². The van der Waals surface area contributed by atoms with Gasteiger partial charge in [0.25, 0.3) is 0 Å². The van der Waals surface area contributed by atoms with Crippen molar-refractivity contribution in [2.45, 2.75) is 55.4 Å². The molecule has 0 rings (SSSR count). The highest BCUT2D eigenvalue weighted by molar-refractivity contribution is 5.75. The van der Waals surface area contributed by atoms with E-state index in [-0.39, 0.29) is 11.3 Å². The van der Waals surface area contributed by atoms with E-state index >= 15 is 0 Å². The third-order valence-corrected chi connectivity index (χ3v) is 2.65. The first kappa shape index (κ1) is 19.3. The minimum Gasteiger partial charge on any atom is -0.481 e. The summed E-state index contributed by atoms with van der Waals surface area (Å²) in [6, 6.07) is 0. The monoisotopic (exact) mass is 254 g/mol. The fourth-order valence-electron chi connectivity index (χ4n) is 1.54. The first-order chi connectivity index (χ1) is 7.98. The Morgan fingerprint density at radius 3 is 1.78 bits per heavy atom. The quantitative estimate of drug-likeness (QED) is 0.723. The normalized spacial score (nSPS) is 13.8. The molecule has 18 heavy (non-hydrogen) atoms. The molecule has 0 aromatic heterocycles. The zero-order valence-corrected chi connectivity index (χ0v) is 13.3. The maximum Gasteiger partial charge on any atom is 0.309 e. The van der Waals surface area contributed by atoms with Gasteiger partial charge in [-0.3, -0.25) is 4.79 Å². The second-order valence-electron chi connectivity index (χ2n) is 6.08. The molecule has 0 fully saturated rings.